The van der Waals surface area contributed by atoms with Crippen LogP contribution in [0.4, 0.5) is 11.5 Å². The van der Waals surface area contributed by atoms with Crippen LogP contribution in [-0.2, 0) is 20.8 Å². The molecule has 0 fully saturated rings. The van der Waals surface area contributed by atoms with Gasteiger partial charge >= 0.3 is 0 Å². The molecule has 0 saturated heterocycles. The predicted octanol–water partition coefficient (Wildman–Crippen LogP) is 2.34. The molecule has 0 spiro atoms. The van der Waals surface area contributed by atoms with Crippen LogP contribution in [-0.4, -0.2) is 47.9 Å². The van der Waals surface area contributed by atoms with Crippen molar-refractivity contribution in [2.75, 3.05) is 17.3 Å². The molecule has 3 N–H and O–H groups in total. The van der Waals surface area contributed by atoms with Gasteiger partial charge in [-0.2, -0.15) is 0 Å². The van der Waals surface area contributed by atoms with Crippen LogP contribution in [0.15, 0.2) is 36.5 Å². The minimum Gasteiger partial charge on any atom is -0.343 e. The van der Waals surface area contributed by atoms with Gasteiger partial charge in [0.25, 0.3) is 5.91 Å². The Morgan fingerprint density at radius 3 is 2.48 bits per heavy atom. The number of amides is 3. The Morgan fingerprint density at radius 1 is 1.09 bits per heavy atom. The Hall–Kier alpha value is -3.26. The molecule has 3 rings (SSSR count). The molecule has 0 bridgehead atoms. The number of benzene rings is 1. The number of nitrogens with one attached hydrogen (secondary N) is 3. The van der Waals surface area contributed by atoms with Crippen molar-refractivity contribution in [1.82, 2.24) is 15.6 Å². The number of fused-ring (bicyclic) bond motifs is 1. The van der Waals surface area contributed by atoms with Crippen molar-refractivity contribution in [3.8, 4) is 0 Å². The highest BCUT2D eigenvalue weighted by molar-refractivity contribution is 6.09. The van der Waals surface area contributed by atoms with Crippen molar-refractivity contribution >= 4 is 29.2 Å². The van der Waals surface area contributed by atoms with E-state index in [1.165, 1.54) is 4.90 Å². The number of anilines is 2. The summed E-state index contributed by atoms with van der Waals surface area (Å²) < 4.78 is 0. The van der Waals surface area contributed by atoms with Gasteiger partial charge in [-0.3, -0.25) is 19.3 Å². The minimum atomic E-state index is -0.794. The van der Waals surface area contributed by atoms with E-state index in [0.29, 0.717) is 17.9 Å². The van der Waals surface area contributed by atoms with E-state index in [9.17, 15) is 14.4 Å². The lowest BCUT2D eigenvalue weighted by molar-refractivity contribution is -0.130. The molecule has 3 atom stereocenters. The van der Waals surface area contributed by atoms with Gasteiger partial charge in [0.1, 0.15) is 17.9 Å². The van der Waals surface area contributed by atoms with Crippen LogP contribution in [0.25, 0.3) is 0 Å². The maximum absolute atomic E-state index is 13.8. The van der Waals surface area contributed by atoms with Crippen molar-refractivity contribution in [3.63, 3.8) is 0 Å². The lowest BCUT2D eigenvalue weighted by Crippen LogP contribution is -2.57. The van der Waals surface area contributed by atoms with Gasteiger partial charge in [-0.25, -0.2) is 4.98 Å². The first-order valence-electron chi connectivity index (χ1n) is 11.3. The Morgan fingerprint density at radius 2 is 1.82 bits per heavy atom. The zero-order chi connectivity index (χ0) is 24.3. The molecule has 33 heavy (non-hydrogen) atoms. The van der Waals surface area contributed by atoms with E-state index >= 15 is 0 Å². The van der Waals surface area contributed by atoms with E-state index in [4.69, 9.17) is 0 Å². The fourth-order valence-corrected chi connectivity index (χ4v) is 3.90. The first-order valence-corrected chi connectivity index (χ1v) is 11.3. The van der Waals surface area contributed by atoms with E-state index < -0.39 is 18.1 Å². The van der Waals surface area contributed by atoms with E-state index in [1.807, 2.05) is 52.0 Å². The standard InChI is InChI=1S/C25H33N5O3/c1-14(2)21(29-23(31)17(5)26-6)25(33)30-20(13-18-10-8-12-27-22(18)30)24(32)28-19-11-7-9-15(3)16(19)4/h7-12,14,17,20-21,26H,13H2,1-6H3,(H,28,32)(H,29,31)/t17-,20?,21?/m0/s1. The minimum absolute atomic E-state index is 0.180. The van der Waals surface area contributed by atoms with E-state index in [1.54, 1.807) is 26.2 Å². The summed E-state index contributed by atoms with van der Waals surface area (Å²) in [5.41, 5.74) is 3.58. The normalized spacial score (nSPS) is 16.8. The number of aryl methyl sites for hydroxylation is 1. The first kappa shape index (κ1) is 24.4. The largest absolute Gasteiger partial charge is 0.343 e. The van der Waals surface area contributed by atoms with Crippen molar-refractivity contribution in [2.45, 2.75) is 59.2 Å². The summed E-state index contributed by atoms with van der Waals surface area (Å²) in [4.78, 5) is 45.6. The number of likely N-dealkylation sites (N-methyl/N-ethyl adjacent to an activating group) is 1. The number of pyridine rings is 1. The van der Waals surface area contributed by atoms with Crippen LogP contribution in [0.3, 0.4) is 0 Å². The molecule has 1 aliphatic heterocycles. The predicted molar refractivity (Wildman–Crippen MR) is 129 cm³/mol. The van der Waals surface area contributed by atoms with E-state index in [-0.39, 0.29) is 23.6 Å². The smallest absolute Gasteiger partial charge is 0.251 e. The van der Waals surface area contributed by atoms with Crippen LogP contribution in [0.5, 0.6) is 0 Å². The average molecular weight is 452 g/mol. The molecule has 0 saturated carbocycles. The summed E-state index contributed by atoms with van der Waals surface area (Å²) in [6.45, 7) is 9.40. The summed E-state index contributed by atoms with van der Waals surface area (Å²) >= 11 is 0. The van der Waals surface area contributed by atoms with Crippen molar-refractivity contribution < 1.29 is 14.4 Å². The van der Waals surface area contributed by atoms with Crippen molar-refractivity contribution in [2.24, 2.45) is 5.92 Å². The second-order valence-corrected chi connectivity index (χ2v) is 8.89. The molecule has 2 unspecified atom stereocenters. The molecule has 2 heterocycles. The molecule has 8 nitrogen and oxygen atoms in total. The fraction of sp³-hybridized carbons (Fsp3) is 0.440. The van der Waals surface area contributed by atoms with Crippen LogP contribution >= 0.6 is 0 Å². The third-order valence-corrected chi connectivity index (χ3v) is 6.28. The van der Waals surface area contributed by atoms with Crippen LogP contribution in [0.2, 0.25) is 0 Å². The lowest BCUT2D eigenvalue weighted by atomic mass is 10.0. The van der Waals surface area contributed by atoms with Crippen molar-refractivity contribution in [3.05, 3.63) is 53.2 Å². The molecule has 8 heteroatoms. The van der Waals surface area contributed by atoms with E-state index in [0.717, 1.165) is 16.7 Å². The molecular weight excluding hydrogens is 418 g/mol. The lowest BCUT2D eigenvalue weighted by Gasteiger charge is -2.31. The Bertz CT molecular complexity index is 1050. The first-order chi connectivity index (χ1) is 15.6. The number of nitrogens with zero attached hydrogens (tertiary/aromatic N) is 2. The molecule has 1 aliphatic rings. The third-order valence-electron chi connectivity index (χ3n) is 6.28. The summed E-state index contributed by atoms with van der Waals surface area (Å²) in [5.74, 6) is -0.625. The maximum atomic E-state index is 13.8. The Labute approximate surface area is 195 Å². The average Bonchev–Trinajstić information content (AvgIpc) is 3.18. The highest BCUT2D eigenvalue weighted by Gasteiger charge is 2.43. The van der Waals surface area contributed by atoms with Gasteiger partial charge in [0.2, 0.25) is 11.8 Å². The molecular formula is C25H33N5O3. The highest BCUT2D eigenvalue weighted by atomic mass is 16.2. The van der Waals surface area contributed by atoms with Gasteiger partial charge in [-0.1, -0.05) is 32.0 Å². The summed E-state index contributed by atoms with van der Waals surface area (Å²) in [5, 5.41) is 8.72. The number of hydrogen-bond acceptors (Lipinski definition) is 5. The maximum Gasteiger partial charge on any atom is 0.251 e. The zero-order valence-electron chi connectivity index (χ0n) is 20.1. The van der Waals surface area contributed by atoms with Gasteiger partial charge in [0.15, 0.2) is 0 Å². The zero-order valence-corrected chi connectivity index (χ0v) is 20.1. The molecule has 3 amide bonds. The van der Waals surface area contributed by atoms with Crippen molar-refractivity contribution in [1.29, 1.82) is 0 Å². The van der Waals surface area contributed by atoms with Gasteiger partial charge in [-0.15, -0.1) is 0 Å². The molecule has 2 aromatic rings. The molecule has 176 valence electrons. The summed E-state index contributed by atoms with van der Waals surface area (Å²) in [7, 11) is 1.69. The van der Waals surface area contributed by atoms with Crippen LogP contribution < -0.4 is 20.9 Å². The number of rotatable bonds is 7. The van der Waals surface area contributed by atoms with Gasteiger partial charge in [-0.05, 0) is 62.6 Å². The second-order valence-electron chi connectivity index (χ2n) is 8.89. The Balaban J connectivity index is 1.93. The molecule has 1 aromatic heterocycles. The SMILES string of the molecule is CN[C@@H](C)C(=O)NC(C(=O)N1c2ncccc2CC1C(=O)Nc1cccc(C)c1C)C(C)C. The monoisotopic (exact) mass is 451 g/mol. The third kappa shape index (κ3) is 5.06. The number of hydrogen-bond donors (Lipinski definition) is 3. The summed E-state index contributed by atoms with van der Waals surface area (Å²) in [6, 6.07) is 7.38. The molecule has 0 radical (unpaired) electrons. The molecule has 1 aromatic carbocycles. The topological polar surface area (TPSA) is 103 Å². The van der Waals surface area contributed by atoms with Crippen LogP contribution in [0.1, 0.15) is 37.5 Å². The number of carbonyl (C=O) groups is 3. The second kappa shape index (κ2) is 10.1. The quantitative estimate of drug-likeness (QED) is 0.600. The highest BCUT2D eigenvalue weighted by Crippen LogP contribution is 2.32. The van der Waals surface area contributed by atoms with Gasteiger partial charge in [0.05, 0.1) is 6.04 Å². The number of carbonyl (C=O) groups excluding carboxylic acids is 3. The van der Waals surface area contributed by atoms with Crippen LogP contribution in [0, 0.1) is 19.8 Å². The fourth-order valence-electron chi connectivity index (χ4n) is 3.90. The van der Waals surface area contributed by atoms with Gasteiger partial charge in [0, 0.05) is 18.3 Å². The summed E-state index contributed by atoms with van der Waals surface area (Å²) in [6.07, 6.45) is 1.97. The molecule has 0 aliphatic carbocycles. The van der Waals surface area contributed by atoms with Gasteiger partial charge < -0.3 is 16.0 Å². The van der Waals surface area contributed by atoms with E-state index in [2.05, 4.69) is 20.9 Å². The Kier molecular flexibility index (Phi) is 7.48. The number of aromatic nitrogens is 1.